The van der Waals surface area contributed by atoms with Gasteiger partial charge in [0.2, 0.25) is 0 Å². The SMILES string of the molecule is Cc1ccc(S/C(=C\C#CCO)CO)cc1. The topological polar surface area (TPSA) is 40.5 Å². The second-order valence-corrected chi connectivity index (χ2v) is 4.36. The third-order valence-electron chi connectivity index (χ3n) is 1.84. The maximum Gasteiger partial charge on any atom is 0.104 e. The van der Waals surface area contributed by atoms with Crippen LogP contribution in [-0.4, -0.2) is 23.4 Å². The minimum Gasteiger partial charge on any atom is -0.391 e. The molecule has 0 saturated carbocycles. The van der Waals surface area contributed by atoms with Crippen LogP contribution < -0.4 is 0 Å². The van der Waals surface area contributed by atoms with Gasteiger partial charge >= 0.3 is 0 Å². The first-order valence-electron chi connectivity index (χ1n) is 4.90. The summed E-state index contributed by atoms with van der Waals surface area (Å²) in [6.07, 6.45) is 1.63. The lowest BCUT2D eigenvalue weighted by Crippen LogP contribution is -1.85. The van der Waals surface area contributed by atoms with Crippen LogP contribution in [-0.2, 0) is 0 Å². The van der Waals surface area contributed by atoms with Crippen LogP contribution in [0.5, 0.6) is 0 Å². The van der Waals surface area contributed by atoms with E-state index in [2.05, 4.69) is 11.8 Å². The van der Waals surface area contributed by atoms with Crippen LogP contribution in [0.25, 0.3) is 0 Å². The molecule has 1 rings (SSSR count). The third-order valence-corrected chi connectivity index (χ3v) is 2.86. The number of benzene rings is 1. The summed E-state index contributed by atoms with van der Waals surface area (Å²) in [5.41, 5.74) is 1.21. The molecule has 0 bridgehead atoms. The minimum atomic E-state index is -0.162. The monoisotopic (exact) mass is 234 g/mol. The largest absolute Gasteiger partial charge is 0.391 e. The normalized spacial score (nSPS) is 10.8. The van der Waals surface area contributed by atoms with Gasteiger partial charge in [0.25, 0.3) is 0 Å². The Hall–Kier alpha value is -1.21. The number of hydrogen-bond donors (Lipinski definition) is 2. The third kappa shape index (κ3) is 4.54. The highest BCUT2D eigenvalue weighted by atomic mass is 32.2. The summed E-state index contributed by atoms with van der Waals surface area (Å²) in [6.45, 7) is 1.83. The molecule has 0 saturated heterocycles. The predicted octanol–water partition coefficient (Wildman–Crippen LogP) is 1.96. The minimum absolute atomic E-state index is 0.0430. The zero-order chi connectivity index (χ0) is 11.8. The molecular weight excluding hydrogens is 220 g/mol. The Labute approximate surface area is 100 Å². The van der Waals surface area contributed by atoms with Crippen molar-refractivity contribution in [2.45, 2.75) is 11.8 Å². The fourth-order valence-electron chi connectivity index (χ4n) is 1.04. The first-order valence-corrected chi connectivity index (χ1v) is 5.71. The van der Waals surface area contributed by atoms with Gasteiger partial charge in [-0.2, -0.15) is 0 Å². The van der Waals surface area contributed by atoms with E-state index < -0.39 is 0 Å². The molecule has 0 aromatic heterocycles. The first-order chi connectivity index (χ1) is 7.76. The Balaban J connectivity index is 2.70. The van der Waals surface area contributed by atoms with E-state index in [9.17, 15) is 0 Å². The van der Waals surface area contributed by atoms with Gasteiger partial charge in [0.15, 0.2) is 0 Å². The molecule has 0 heterocycles. The van der Waals surface area contributed by atoms with E-state index in [0.29, 0.717) is 0 Å². The van der Waals surface area contributed by atoms with Gasteiger partial charge in [0.1, 0.15) is 6.61 Å². The summed E-state index contributed by atoms with van der Waals surface area (Å²) in [5.74, 6) is 5.19. The molecule has 1 aromatic rings. The van der Waals surface area contributed by atoms with Crippen LogP contribution in [0.15, 0.2) is 40.1 Å². The van der Waals surface area contributed by atoms with Gasteiger partial charge in [0, 0.05) is 15.9 Å². The Bertz CT molecular complexity index is 410. The summed E-state index contributed by atoms with van der Waals surface area (Å²) < 4.78 is 0. The summed E-state index contributed by atoms with van der Waals surface area (Å²) in [7, 11) is 0. The van der Waals surface area contributed by atoms with Crippen molar-refractivity contribution in [3.8, 4) is 11.8 Å². The van der Waals surface area contributed by atoms with Crippen LogP contribution in [0.2, 0.25) is 0 Å². The van der Waals surface area contributed by atoms with E-state index in [4.69, 9.17) is 10.2 Å². The van der Waals surface area contributed by atoms with Crippen molar-refractivity contribution in [2.24, 2.45) is 0 Å². The summed E-state index contributed by atoms with van der Waals surface area (Å²) in [5, 5.41) is 17.6. The standard InChI is InChI=1S/C13H14O2S/c1-11-5-7-12(8-6-11)16-13(10-15)4-2-3-9-14/h4-8,14-15H,9-10H2,1H3/b13-4-. The van der Waals surface area contributed by atoms with Gasteiger partial charge in [-0.1, -0.05) is 41.3 Å². The number of aliphatic hydroxyl groups is 2. The molecule has 0 aliphatic rings. The molecule has 0 amide bonds. The molecule has 1 aromatic carbocycles. The molecule has 0 spiro atoms. The highest BCUT2D eigenvalue weighted by Gasteiger charge is 1.98. The van der Waals surface area contributed by atoms with E-state index in [1.807, 2.05) is 31.2 Å². The first kappa shape index (κ1) is 12.9. The Morgan fingerprint density at radius 1 is 1.31 bits per heavy atom. The molecule has 0 aliphatic carbocycles. The second-order valence-electron chi connectivity index (χ2n) is 3.16. The average Bonchev–Trinajstić information content (AvgIpc) is 2.31. The quantitative estimate of drug-likeness (QED) is 0.620. The molecule has 0 atom stereocenters. The van der Waals surface area contributed by atoms with Gasteiger partial charge < -0.3 is 10.2 Å². The average molecular weight is 234 g/mol. The lowest BCUT2D eigenvalue weighted by Gasteiger charge is -2.02. The molecule has 2 N–H and O–H groups in total. The molecule has 3 heteroatoms. The number of allylic oxidation sites excluding steroid dienone is 1. The Morgan fingerprint density at radius 3 is 2.56 bits per heavy atom. The van der Waals surface area contributed by atoms with Gasteiger partial charge in [-0.05, 0) is 19.1 Å². The van der Waals surface area contributed by atoms with E-state index in [0.717, 1.165) is 9.80 Å². The summed E-state index contributed by atoms with van der Waals surface area (Å²) in [6, 6.07) is 8.05. The predicted molar refractivity (Wildman–Crippen MR) is 67.1 cm³/mol. The van der Waals surface area contributed by atoms with Crippen molar-refractivity contribution < 1.29 is 10.2 Å². The number of aliphatic hydroxyl groups excluding tert-OH is 2. The number of hydrogen-bond acceptors (Lipinski definition) is 3. The van der Waals surface area contributed by atoms with Crippen LogP contribution in [0.1, 0.15) is 5.56 Å². The zero-order valence-electron chi connectivity index (χ0n) is 9.10. The maximum absolute atomic E-state index is 9.12. The smallest absolute Gasteiger partial charge is 0.104 e. The molecule has 16 heavy (non-hydrogen) atoms. The highest BCUT2D eigenvalue weighted by molar-refractivity contribution is 8.03. The van der Waals surface area contributed by atoms with Gasteiger partial charge in [-0.25, -0.2) is 0 Å². The number of aryl methyl sites for hydroxylation is 1. The van der Waals surface area contributed by atoms with Crippen molar-refractivity contribution in [1.29, 1.82) is 0 Å². The summed E-state index contributed by atoms with van der Waals surface area (Å²) >= 11 is 1.47. The molecule has 84 valence electrons. The van der Waals surface area contributed by atoms with E-state index >= 15 is 0 Å². The lowest BCUT2D eigenvalue weighted by molar-refractivity contribution is 0.339. The molecule has 0 unspecified atom stereocenters. The van der Waals surface area contributed by atoms with Crippen molar-refractivity contribution in [1.82, 2.24) is 0 Å². The number of thioether (sulfide) groups is 1. The van der Waals surface area contributed by atoms with Crippen LogP contribution in [0, 0.1) is 18.8 Å². The van der Waals surface area contributed by atoms with Crippen LogP contribution in [0.3, 0.4) is 0 Å². The van der Waals surface area contributed by atoms with Gasteiger partial charge in [-0.15, -0.1) is 0 Å². The fourth-order valence-corrected chi connectivity index (χ4v) is 1.80. The maximum atomic E-state index is 9.12. The molecule has 0 radical (unpaired) electrons. The fraction of sp³-hybridized carbons (Fsp3) is 0.231. The lowest BCUT2D eigenvalue weighted by atomic mass is 10.2. The Morgan fingerprint density at radius 2 is 2.00 bits per heavy atom. The van der Waals surface area contributed by atoms with E-state index in [1.54, 1.807) is 6.08 Å². The van der Waals surface area contributed by atoms with Crippen LogP contribution in [0.4, 0.5) is 0 Å². The molecule has 2 nitrogen and oxygen atoms in total. The van der Waals surface area contributed by atoms with E-state index in [-0.39, 0.29) is 13.2 Å². The highest BCUT2D eigenvalue weighted by Crippen LogP contribution is 2.25. The summed E-state index contributed by atoms with van der Waals surface area (Å²) in [4.78, 5) is 1.83. The molecular formula is C13H14O2S. The molecule has 0 aliphatic heterocycles. The van der Waals surface area contributed by atoms with Crippen molar-refractivity contribution in [3.63, 3.8) is 0 Å². The van der Waals surface area contributed by atoms with Crippen molar-refractivity contribution >= 4 is 11.8 Å². The van der Waals surface area contributed by atoms with Crippen molar-refractivity contribution in [2.75, 3.05) is 13.2 Å². The molecule has 0 fully saturated rings. The van der Waals surface area contributed by atoms with Crippen LogP contribution >= 0.6 is 11.8 Å². The van der Waals surface area contributed by atoms with Crippen molar-refractivity contribution in [3.05, 3.63) is 40.8 Å². The Kier molecular flexibility index (Phi) is 5.73. The zero-order valence-corrected chi connectivity index (χ0v) is 9.92. The van der Waals surface area contributed by atoms with E-state index in [1.165, 1.54) is 17.3 Å². The number of rotatable bonds is 3. The van der Waals surface area contributed by atoms with Gasteiger partial charge in [-0.3, -0.25) is 0 Å². The van der Waals surface area contributed by atoms with Gasteiger partial charge in [0.05, 0.1) is 6.61 Å². The second kappa shape index (κ2) is 7.13.